The standard InChI is InChI=1S/C11H20N4OS.ClH/c1-4-15(5-2)10(16)8-14(3)7-9-6-13-11(12)17-9;/h6H,4-5,7-8H2,1-3H3,(H2,12,13);1H. The van der Waals surface area contributed by atoms with Crippen molar-refractivity contribution in [1.82, 2.24) is 14.8 Å². The number of nitrogen functional groups attached to an aromatic ring is 1. The highest BCUT2D eigenvalue weighted by molar-refractivity contribution is 7.15. The Hall–Kier alpha value is -0.850. The van der Waals surface area contributed by atoms with Crippen molar-refractivity contribution in [3.8, 4) is 0 Å². The monoisotopic (exact) mass is 292 g/mol. The van der Waals surface area contributed by atoms with Gasteiger partial charge in [-0.25, -0.2) is 4.98 Å². The number of halogens is 1. The van der Waals surface area contributed by atoms with Gasteiger partial charge in [0.05, 0.1) is 6.54 Å². The van der Waals surface area contributed by atoms with E-state index in [0.29, 0.717) is 18.2 Å². The number of nitrogens with two attached hydrogens (primary N) is 1. The van der Waals surface area contributed by atoms with E-state index in [1.165, 1.54) is 11.3 Å². The van der Waals surface area contributed by atoms with Gasteiger partial charge in [0.2, 0.25) is 5.91 Å². The van der Waals surface area contributed by atoms with E-state index in [4.69, 9.17) is 5.73 Å². The summed E-state index contributed by atoms with van der Waals surface area (Å²) in [5, 5.41) is 0.573. The lowest BCUT2D eigenvalue weighted by molar-refractivity contribution is -0.131. The molecule has 0 saturated carbocycles. The van der Waals surface area contributed by atoms with Crippen LogP contribution in [0.15, 0.2) is 6.20 Å². The third-order valence-electron chi connectivity index (χ3n) is 2.52. The maximum Gasteiger partial charge on any atom is 0.236 e. The van der Waals surface area contributed by atoms with Gasteiger partial charge in [0.1, 0.15) is 0 Å². The Morgan fingerprint density at radius 1 is 1.44 bits per heavy atom. The Balaban J connectivity index is 0.00000289. The molecule has 0 unspecified atom stereocenters. The lowest BCUT2D eigenvalue weighted by atomic mass is 10.4. The Bertz CT molecular complexity index is 368. The first kappa shape index (κ1) is 17.2. The SMILES string of the molecule is CCN(CC)C(=O)CN(C)Cc1cnc(N)s1.Cl. The Morgan fingerprint density at radius 2 is 2.06 bits per heavy atom. The van der Waals surface area contributed by atoms with Gasteiger partial charge in [0.15, 0.2) is 5.13 Å². The predicted molar refractivity (Wildman–Crippen MR) is 78.0 cm³/mol. The number of carbonyl (C=O) groups is 1. The van der Waals surface area contributed by atoms with Crippen LogP contribution in [0.25, 0.3) is 0 Å². The zero-order valence-electron chi connectivity index (χ0n) is 11.0. The lowest BCUT2D eigenvalue weighted by Gasteiger charge is -2.22. The molecule has 0 saturated heterocycles. The number of rotatable bonds is 6. The van der Waals surface area contributed by atoms with Crippen molar-refractivity contribution in [3.05, 3.63) is 11.1 Å². The van der Waals surface area contributed by atoms with Crippen LogP contribution in [0, 0.1) is 0 Å². The van der Waals surface area contributed by atoms with Gasteiger partial charge in [0.25, 0.3) is 0 Å². The van der Waals surface area contributed by atoms with E-state index in [1.807, 2.05) is 30.7 Å². The second-order valence-electron chi connectivity index (χ2n) is 3.90. The van der Waals surface area contributed by atoms with E-state index in [0.717, 1.165) is 18.0 Å². The number of carbonyl (C=O) groups excluding carboxylic acids is 1. The maximum atomic E-state index is 11.9. The molecule has 1 heterocycles. The molecule has 0 bridgehead atoms. The minimum absolute atomic E-state index is 0. The summed E-state index contributed by atoms with van der Waals surface area (Å²) in [6, 6.07) is 0. The molecule has 0 aliphatic carbocycles. The van der Waals surface area contributed by atoms with E-state index in [1.54, 1.807) is 6.20 Å². The third-order valence-corrected chi connectivity index (χ3v) is 3.33. The smallest absolute Gasteiger partial charge is 0.236 e. The zero-order chi connectivity index (χ0) is 12.8. The van der Waals surface area contributed by atoms with Crippen molar-refractivity contribution in [2.75, 3.05) is 32.4 Å². The summed E-state index contributed by atoms with van der Waals surface area (Å²) in [6.07, 6.45) is 1.76. The highest BCUT2D eigenvalue weighted by atomic mass is 35.5. The highest BCUT2D eigenvalue weighted by Gasteiger charge is 2.13. The molecule has 0 atom stereocenters. The molecule has 1 amide bonds. The fraction of sp³-hybridized carbons (Fsp3) is 0.636. The van der Waals surface area contributed by atoms with Gasteiger partial charge in [-0.2, -0.15) is 0 Å². The molecular formula is C11H21ClN4OS. The molecule has 7 heteroatoms. The zero-order valence-corrected chi connectivity index (χ0v) is 12.7. The summed E-state index contributed by atoms with van der Waals surface area (Å²) in [5.74, 6) is 0.162. The fourth-order valence-electron chi connectivity index (χ4n) is 1.62. The highest BCUT2D eigenvalue weighted by Crippen LogP contribution is 2.15. The van der Waals surface area contributed by atoms with E-state index in [9.17, 15) is 4.79 Å². The van der Waals surface area contributed by atoms with Crippen molar-refractivity contribution < 1.29 is 4.79 Å². The van der Waals surface area contributed by atoms with Crippen LogP contribution in [0.2, 0.25) is 0 Å². The molecule has 2 N–H and O–H groups in total. The molecule has 0 radical (unpaired) electrons. The van der Waals surface area contributed by atoms with Crippen LogP contribution in [-0.2, 0) is 11.3 Å². The van der Waals surface area contributed by atoms with Crippen molar-refractivity contribution in [2.45, 2.75) is 20.4 Å². The summed E-state index contributed by atoms with van der Waals surface area (Å²) < 4.78 is 0. The summed E-state index contributed by atoms with van der Waals surface area (Å²) in [4.78, 5) is 20.7. The maximum absolute atomic E-state index is 11.9. The Labute approximate surface area is 118 Å². The molecule has 5 nitrogen and oxygen atoms in total. The average molecular weight is 293 g/mol. The number of hydrogen-bond acceptors (Lipinski definition) is 5. The Kier molecular flexibility index (Phi) is 7.90. The predicted octanol–water partition coefficient (Wildman–Crippen LogP) is 1.45. The van der Waals surface area contributed by atoms with Gasteiger partial charge in [-0.1, -0.05) is 0 Å². The fourth-order valence-corrected chi connectivity index (χ4v) is 2.39. The number of hydrogen-bond donors (Lipinski definition) is 1. The van der Waals surface area contributed by atoms with Gasteiger partial charge >= 0.3 is 0 Å². The van der Waals surface area contributed by atoms with Crippen LogP contribution in [0.3, 0.4) is 0 Å². The van der Waals surface area contributed by atoms with Crippen LogP contribution in [0.1, 0.15) is 18.7 Å². The van der Waals surface area contributed by atoms with E-state index < -0.39 is 0 Å². The van der Waals surface area contributed by atoms with E-state index in [2.05, 4.69) is 4.98 Å². The van der Waals surface area contributed by atoms with Crippen molar-refractivity contribution in [3.63, 3.8) is 0 Å². The quantitative estimate of drug-likeness (QED) is 0.862. The molecule has 18 heavy (non-hydrogen) atoms. The molecule has 1 aromatic heterocycles. The van der Waals surface area contributed by atoms with Crippen molar-refractivity contribution in [1.29, 1.82) is 0 Å². The minimum atomic E-state index is 0. The first-order valence-corrected chi connectivity index (χ1v) is 6.55. The van der Waals surface area contributed by atoms with Crippen molar-refractivity contribution >= 4 is 34.8 Å². The summed E-state index contributed by atoms with van der Waals surface area (Å²) in [6.45, 7) is 6.64. The van der Waals surface area contributed by atoms with Gasteiger partial charge in [0, 0.05) is 30.7 Å². The molecule has 104 valence electrons. The molecule has 0 fully saturated rings. The van der Waals surface area contributed by atoms with E-state index in [-0.39, 0.29) is 18.3 Å². The molecular weight excluding hydrogens is 272 g/mol. The van der Waals surface area contributed by atoms with Crippen LogP contribution in [0.5, 0.6) is 0 Å². The molecule has 0 spiro atoms. The second kappa shape index (κ2) is 8.29. The molecule has 1 aromatic rings. The van der Waals surface area contributed by atoms with Crippen LogP contribution in [0.4, 0.5) is 5.13 Å². The average Bonchev–Trinajstić information content (AvgIpc) is 2.65. The van der Waals surface area contributed by atoms with Crippen LogP contribution < -0.4 is 5.73 Å². The van der Waals surface area contributed by atoms with Gasteiger partial charge in [-0.15, -0.1) is 23.7 Å². The number of thiazole rings is 1. The minimum Gasteiger partial charge on any atom is -0.375 e. The lowest BCUT2D eigenvalue weighted by Crippen LogP contribution is -2.38. The van der Waals surface area contributed by atoms with E-state index >= 15 is 0 Å². The van der Waals surface area contributed by atoms with Crippen LogP contribution >= 0.6 is 23.7 Å². The second-order valence-corrected chi connectivity index (χ2v) is 5.05. The number of likely N-dealkylation sites (N-methyl/N-ethyl adjacent to an activating group) is 2. The third kappa shape index (κ3) is 5.20. The molecule has 0 aliphatic rings. The molecule has 1 rings (SSSR count). The summed E-state index contributed by atoms with van der Waals surface area (Å²) >= 11 is 1.46. The number of aromatic nitrogens is 1. The Morgan fingerprint density at radius 3 is 2.50 bits per heavy atom. The molecule has 0 aliphatic heterocycles. The largest absolute Gasteiger partial charge is 0.375 e. The first-order valence-electron chi connectivity index (χ1n) is 5.73. The van der Waals surface area contributed by atoms with Crippen LogP contribution in [-0.4, -0.2) is 47.4 Å². The van der Waals surface area contributed by atoms with Gasteiger partial charge < -0.3 is 10.6 Å². The number of anilines is 1. The summed E-state index contributed by atoms with van der Waals surface area (Å²) in [5.41, 5.74) is 5.56. The van der Waals surface area contributed by atoms with Crippen molar-refractivity contribution in [2.24, 2.45) is 0 Å². The topological polar surface area (TPSA) is 62.5 Å². The molecule has 0 aromatic carbocycles. The normalized spacial score (nSPS) is 10.2. The van der Waals surface area contributed by atoms with Gasteiger partial charge in [-0.3, -0.25) is 9.69 Å². The van der Waals surface area contributed by atoms with Gasteiger partial charge in [-0.05, 0) is 20.9 Å². The number of nitrogens with zero attached hydrogens (tertiary/aromatic N) is 3. The first-order chi connectivity index (χ1) is 8.06. The summed E-state index contributed by atoms with van der Waals surface area (Å²) in [7, 11) is 1.93. The number of amides is 1.